The van der Waals surface area contributed by atoms with Crippen molar-refractivity contribution in [1.29, 1.82) is 0 Å². The maximum atomic E-state index is 11.9. The number of nitrogens with zero attached hydrogens (tertiary/aromatic N) is 3. The number of amides is 1. The fourth-order valence-corrected chi connectivity index (χ4v) is 2.41. The fourth-order valence-electron chi connectivity index (χ4n) is 1.41. The van der Waals surface area contributed by atoms with E-state index >= 15 is 0 Å². The Balaban J connectivity index is 2.16. The molecule has 0 unspecified atom stereocenters. The van der Waals surface area contributed by atoms with Gasteiger partial charge in [0.25, 0.3) is 10.0 Å². The van der Waals surface area contributed by atoms with E-state index in [1.165, 1.54) is 23.3 Å². The SMILES string of the molecule is Cc1ncc(S(=O)(=O)Nc2cnn(CC(N)=O)c2)[nH]1. The summed E-state index contributed by atoms with van der Waals surface area (Å²) in [4.78, 5) is 17.1. The van der Waals surface area contributed by atoms with E-state index in [4.69, 9.17) is 5.73 Å². The molecule has 0 aromatic carbocycles. The van der Waals surface area contributed by atoms with Crippen molar-refractivity contribution in [2.45, 2.75) is 18.5 Å². The molecule has 2 heterocycles. The van der Waals surface area contributed by atoms with E-state index < -0.39 is 15.9 Å². The molecule has 0 saturated heterocycles. The monoisotopic (exact) mass is 284 g/mol. The van der Waals surface area contributed by atoms with Crippen LogP contribution in [0.1, 0.15) is 5.82 Å². The molecular weight excluding hydrogens is 272 g/mol. The molecule has 0 aliphatic rings. The highest BCUT2D eigenvalue weighted by molar-refractivity contribution is 7.92. The van der Waals surface area contributed by atoms with Crippen molar-refractivity contribution in [3.63, 3.8) is 0 Å². The molecular formula is C9H12N6O3S. The first-order valence-electron chi connectivity index (χ1n) is 5.22. The smallest absolute Gasteiger partial charge is 0.279 e. The van der Waals surface area contributed by atoms with Gasteiger partial charge in [-0.2, -0.15) is 13.5 Å². The largest absolute Gasteiger partial charge is 0.368 e. The second-order valence-corrected chi connectivity index (χ2v) is 5.48. The Hall–Kier alpha value is -2.36. The van der Waals surface area contributed by atoms with E-state index in [0.29, 0.717) is 5.82 Å². The molecule has 2 aromatic heterocycles. The first kappa shape index (κ1) is 13.1. The van der Waals surface area contributed by atoms with Gasteiger partial charge < -0.3 is 10.7 Å². The van der Waals surface area contributed by atoms with Crippen LogP contribution >= 0.6 is 0 Å². The molecule has 4 N–H and O–H groups in total. The van der Waals surface area contributed by atoms with Gasteiger partial charge in [0.1, 0.15) is 12.4 Å². The third kappa shape index (κ3) is 3.10. The summed E-state index contributed by atoms with van der Waals surface area (Å²) in [6.07, 6.45) is 3.86. The minimum Gasteiger partial charge on any atom is -0.368 e. The summed E-state index contributed by atoms with van der Waals surface area (Å²) in [5.41, 5.74) is 5.23. The van der Waals surface area contributed by atoms with E-state index in [1.807, 2.05) is 0 Å². The van der Waals surface area contributed by atoms with Crippen LogP contribution in [0.2, 0.25) is 0 Å². The lowest BCUT2D eigenvalue weighted by atomic mass is 10.6. The standard InChI is InChI=1S/C9H12N6O3S/c1-6-11-3-9(13-6)19(17,18)14-7-2-12-15(4-7)5-8(10)16/h2-4,14H,5H2,1H3,(H2,10,16)(H,11,13). The van der Waals surface area contributed by atoms with Crippen molar-refractivity contribution in [2.24, 2.45) is 5.73 Å². The molecule has 0 atom stereocenters. The molecule has 0 fully saturated rings. The Kier molecular flexibility index (Phi) is 3.25. The zero-order chi connectivity index (χ0) is 14.0. The normalized spacial score (nSPS) is 11.4. The van der Waals surface area contributed by atoms with E-state index in [9.17, 15) is 13.2 Å². The number of aromatic amines is 1. The van der Waals surface area contributed by atoms with Crippen LogP contribution in [-0.4, -0.2) is 34.1 Å². The van der Waals surface area contributed by atoms with Crippen LogP contribution in [0.5, 0.6) is 0 Å². The van der Waals surface area contributed by atoms with Crippen molar-refractivity contribution in [3.8, 4) is 0 Å². The Morgan fingerprint density at radius 3 is 2.84 bits per heavy atom. The van der Waals surface area contributed by atoms with Crippen LogP contribution in [0.4, 0.5) is 5.69 Å². The predicted molar refractivity (Wildman–Crippen MR) is 65.6 cm³/mol. The maximum absolute atomic E-state index is 11.9. The molecule has 0 aliphatic heterocycles. The van der Waals surface area contributed by atoms with Gasteiger partial charge in [-0.1, -0.05) is 0 Å². The summed E-state index contributed by atoms with van der Waals surface area (Å²) in [7, 11) is -3.75. The number of H-pyrrole nitrogens is 1. The summed E-state index contributed by atoms with van der Waals surface area (Å²) < 4.78 is 27.4. The molecule has 2 rings (SSSR count). The van der Waals surface area contributed by atoms with Crippen LogP contribution in [-0.2, 0) is 21.4 Å². The van der Waals surface area contributed by atoms with E-state index in [1.54, 1.807) is 6.92 Å². The molecule has 9 nitrogen and oxygen atoms in total. The number of carbonyl (C=O) groups excluding carboxylic acids is 1. The summed E-state index contributed by atoms with van der Waals surface area (Å²) in [6.45, 7) is 1.52. The molecule has 1 amide bonds. The van der Waals surface area contributed by atoms with Gasteiger partial charge in [-0.15, -0.1) is 0 Å². The number of hydrogen-bond acceptors (Lipinski definition) is 5. The lowest BCUT2D eigenvalue weighted by Crippen LogP contribution is -2.18. The molecule has 0 spiro atoms. The molecule has 0 saturated carbocycles. The average molecular weight is 284 g/mol. The lowest BCUT2D eigenvalue weighted by Gasteiger charge is -2.02. The Morgan fingerprint density at radius 1 is 1.53 bits per heavy atom. The van der Waals surface area contributed by atoms with Crippen LogP contribution in [0.15, 0.2) is 23.6 Å². The van der Waals surface area contributed by atoms with Gasteiger partial charge in [0.15, 0.2) is 5.03 Å². The summed E-state index contributed by atoms with van der Waals surface area (Å²) in [5, 5.41) is 3.75. The number of nitrogens with two attached hydrogens (primary N) is 1. The molecule has 10 heteroatoms. The number of aryl methyl sites for hydroxylation is 1. The fraction of sp³-hybridized carbons (Fsp3) is 0.222. The number of sulfonamides is 1. The quantitative estimate of drug-likeness (QED) is 0.660. The first-order chi connectivity index (χ1) is 8.87. The van der Waals surface area contributed by atoms with Crippen molar-refractivity contribution >= 4 is 21.6 Å². The average Bonchev–Trinajstić information content (AvgIpc) is 2.87. The molecule has 19 heavy (non-hydrogen) atoms. The van der Waals surface area contributed by atoms with E-state index in [0.717, 1.165) is 0 Å². The number of imidazole rings is 1. The highest BCUT2D eigenvalue weighted by Gasteiger charge is 2.17. The molecule has 2 aromatic rings. The van der Waals surface area contributed by atoms with Crippen molar-refractivity contribution in [2.75, 3.05) is 4.72 Å². The highest BCUT2D eigenvalue weighted by Crippen LogP contribution is 2.13. The van der Waals surface area contributed by atoms with Crippen molar-refractivity contribution in [3.05, 3.63) is 24.4 Å². The van der Waals surface area contributed by atoms with Gasteiger partial charge in [0, 0.05) is 6.20 Å². The third-order valence-corrected chi connectivity index (χ3v) is 3.46. The Morgan fingerprint density at radius 2 is 2.26 bits per heavy atom. The molecule has 0 aliphatic carbocycles. The summed E-state index contributed by atoms with van der Waals surface area (Å²) in [5.74, 6) is -0.0773. The first-order valence-corrected chi connectivity index (χ1v) is 6.70. The van der Waals surface area contributed by atoms with Gasteiger partial charge in [-0.3, -0.25) is 14.2 Å². The minimum atomic E-state index is -3.75. The molecule has 102 valence electrons. The van der Waals surface area contributed by atoms with Gasteiger partial charge in [0.05, 0.1) is 18.1 Å². The molecule has 0 radical (unpaired) electrons. The third-order valence-electron chi connectivity index (χ3n) is 2.17. The number of carbonyl (C=O) groups is 1. The number of nitrogens with one attached hydrogen (secondary N) is 2. The van der Waals surface area contributed by atoms with Gasteiger partial charge in [0.2, 0.25) is 5.91 Å². The zero-order valence-corrected chi connectivity index (χ0v) is 10.8. The second-order valence-electron chi connectivity index (χ2n) is 3.83. The zero-order valence-electron chi connectivity index (χ0n) is 9.99. The minimum absolute atomic E-state index is 0.0485. The highest BCUT2D eigenvalue weighted by atomic mass is 32.2. The second kappa shape index (κ2) is 4.72. The maximum Gasteiger partial charge on any atom is 0.279 e. The number of rotatable bonds is 5. The van der Waals surface area contributed by atoms with E-state index in [-0.39, 0.29) is 17.3 Å². The van der Waals surface area contributed by atoms with Crippen molar-refractivity contribution in [1.82, 2.24) is 19.7 Å². The molecule has 0 bridgehead atoms. The Labute approximate surface area is 108 Å². The van der Waals surface area contributed by atoms with Crippen LogP contribution < -0.4 is 10.5 Å². The van der Waals surface area contributed by atoms with Crippen LogP contribution in [0, 0.1) is 6.92 Å². The van der Waals surface area contributed by atoms with Crippen LogP contribution in [0.3, 0.4) is 0 Å². The topological polar surface area (TPSA) is 136 Å². The number of anilines is 1. The number of primary amides is 1. The summed E-state index contributed by atoms with van der Waals surface area (Å²) in [6, 6.07) is 0. The number of aromatic nitrogens is 4. The van der Waals surface area contributed by atoms with E-state index in [2.05, 4.69) is 19.8 Å². The van der Waals surface area contributed by atoms with Gasteiger partial charge >= 0.3 is 0 Å². The van der Waals surface area contributed by atoms with Gasteiger partial charge in [-0.25, -0.2) is 4.98 Å². The Bertz CT molecular complexity index is 701. The predicted octanol–water partition coefficient (Wildman–Crippen LogP) is -0.799. The van der Waals surface area contributed by atoms with Crippen LogP contribution in [0.25, 0.3) is 0 Å². The summed E-state index contributed by atoms with van der Waals surface area (Å²) >= 11 is 0. The van der Waals surface area contributed by atoms with Gasteiger partial charge in [-0.05, 0) is 6.92 Å². The van der Waals surface area contributed by atoms with Crippen molar-refractivity contribution < 1.29 is 13.2 Å². The lowest BCUT2D eigenvalue weighted by molar-refractivity contribution is -0.118. The number of hydrogen-bond donors (Lipinski definition) is 3.